The highest BCUT2D eigenvalue weighted by atomic mass is 16.4. The second-order valence-corrected chi connectivity index (χ2v) is 3.42. The molecule has 0 spiro atoms. The third-order valence-corrected chi connectivity index (χ3v) is 2.15. The van der Waals surface area contributed by atoms with Gasteiger partial charge in [0.1, 0.15) is 0 Å². The van der Waals surface area contributed by atoms with Crippen molar-refractivity contribution < 1.29 is 14.7 Å². The highest BCUT2D eigenvalue weighted by Gasteiger charge is 2.14. The molecule has 0 saturated carbocycles. The van der Waals surface area contributed by atoms with Crippen LogP contribution in [-0.4, -0.2) is 60.0 Å². The van der Waals surface area contributed by atoms with Crippen molar-refractivity contribution in [3.63, 3.8) is 0 Å². The van der Waals surface area contributed by atoms with Crippen LogP contribution in [0.3, 0.4) is 0 Å². The fraction of sp³-hybridized carbons (Fsp3) is 0.700. The maximum Gasteiger partial charge on any atom is 0.317 e. The van der Waals surface area contributed by atoms with Crippen molar-refractivity contribution in [3.05, 3.63) is 0 Å². The average Bonchev–Trinajstić information content (AvgIpc) is 2.23. The first-order valence-corrected chi connectivity index (χ1v) is 5.06. The van der Waals surface area contributed by atoms with Crippen molar-refractivity contribution in [1.82, 2.24) is 9.80 Å². The van der Waals surface area contributed by atoms with Gasteiger partial charge in [0.2, 0.25) is 5.91 Å². The van der Waals surface area contributed by atoms with E-state index in [1.807, 2.05) is 6.07 Å². The van der Waals surface area contributed by atoms with Gasteiger partial charge >= 0.3 is 5.97 Å². The first-order chi connectivity index (χ1) is 7.51. The summed E-state index contributed by atoms with van der Waals surface area (Å²) in [6.07, 6.45) is 0.285. The van der Waals surface area contributed by atoms with Crippen LogP contribution in [-0.2, 0) is 9.59 Å². The van der Waals surface area contributed by atoms with Gasteiger partial charge in [-0.25, -0.2) is 0 Å². The zero-order chi connectivity index (χ0) is 12.6. The molecule has 0 bridgehead atoms. The van der Waals surface area contributed by atoms with Crippen LogP contribution < -0.4 is 0 Å². The van der Waals surface area contributed by atoms with Crippen molar-refractivity contribution in [2.45, 2.75) is 13.3 Å². The van der Waals surface area contributed by atoms with Crippen LogP contribution in [0.15, 0.2) is 0 Å². The first-order valence-electron chi connectivity index (χ1n) is 5.06. The topological polar surface area (TPSA) is 84.6 Å². The molecular weight excluding hydrogens is 210 g/mol. The number of amides is 1. The molecule has 1 N–H and O–H groups in total. The van der Waals surface area contributed by atoms with Gasteiger partial charge in [-0.05, 0) is 6.54 Å². The van der Waals surface area contributed by atoms with Crippen molar-refractivity contribution in [2.75, 3.05) is 33.2 Å². The minimum atomic E-state index is -0.950. The molecule has 0 aromatic heterocycles. The maximum atomic E-state index is 11.6. The number of hydrogen-bond donors (Lipinski definition) is 1. The van der Waals surface area contributed by atoms with Gasteiger partial charge in [-0.2, -0.15) is 5.26 Å². The number of nitrogens with zero attached hydrogens (tertiary/aromatic N) is 3. The lowest BCUT2D eigenvalue weighted by molar-refractivity contribution is -0.139. The van der Waals surface area contributed by atoms with Gasteiger partial charge in [0.25, 0.3) is 0 Å². The minimum Gasteiger partial charge on any atom is -0.480 e. The number of aliphatic carboxylic acids is 1. The summed E-state index contributed by atoms with van der Waals surface area (Å²) in [6, 6.07) is 1.95. The summed E-state index contributed by atoms with van der Waals surface area (Å²) in [5.41, 5.74) is 0. The fourth-order valence-corrected chi connectivity index (χ4v) is 1.13. The number of carboxylic acids is 1. The van der Waals surface area contributed by atoms with Gasteiger partial charge in [0, 0.05) is 13.6 Å². The Kier molecular flexibility index (Phi) is 6.88. The summed E-state index contributed by atoms with van der Waals surface area (Å²) >= 11 is 0. The lowest BCUT2D eigenvalue weighted by Gasteiger charge is -2.21. The van der Waals surface area contributed by atoms with Crippen molar-refractivity contribution in [3.8, 4) is 6.07 Å². The SMILES string of the molecule is CCN(CC(=O)O)CC(=O)N(C)CCC#N. The van der Waals surface area contributed by atoms with E-state index in [0.29, 0.717) is 13.1 Å². The molecule has 0 aliphatic heterocycles. The monoisotopic (exact) mass is 227 g/mol. The van der Waals surface area contributed by atoms with E-state index in [2.05, 4.69) is 0 Å². The molecule has 0 fully saturated rings. The molecule has 0 aromatic carbocycles. The van der Waals surface area contributed by atoms with Gasteiger partial charge in [-0.1, -0.05) is 6.92 Å². The van der Waals surface area contributed by atoms with Gasteiger partial charge < -0.3 is 10.0 Å². The van der Waals surface area contributed by atoms with E-state index >= 15 is 0 Å². The fourth-order valence-electron chi connectivity index (χ4n) is 1.13. The van der Waals surface area contributed by atoms with E-state index in [1.54, 1.807) is 14.0 Å². The molecule has 0 aromatic rings. The Bertz CT molecular complexity index is 286. The Morgan fingerprint density at radius 3 is 2.44 bits per heavy atom. The summed E-state index contributed by atoms with van der Waals surface area (Å²) in [4.78, 5) is 25.0. The summed E-state index contributed by atoms with van der Waals surface area (Å²) in [6.45, 7) is 2.61. The van der Waals surface area contributed by atoms with Gasteiger partial charge in [0.15, 0.2) is 0 Å². The van der Waals surface area contributed by atoms with E-state index < -0.39 is 5.97 Å². The Hall–Kier alpha value is -1.61. The second-order valence-electron chi connectivity index (χ2n) is 3.42. The van der Waals surface area contributed by atoms with Crippen LogP contribution >= 0.6 is 0 Å². The predicted octanol–water partition coefficient (Wildman–Crippen LogP) is -0.235. The Balaban J connectivity index is 4.09. The van der Waals surface area contributed by atoms with Crippen molar-refractivity contribution >= 4 is 11.9 Å². The number of likely N-dealkylation sites (N-methyl/N-ethyl adjacent to an activating group) is 2. The number of carboxylic acid groups (broad SMARTS) is 1. The Labute approximate surface area is 95.1 Å². The smallest absolute Gasteiger partial charge is 0.317 e. The van der Waals surface area contributed by atoms with E-state index in [4.69, 9.17) is 10.4 Å². The largest absolute Gasteiger partial charge is 0.480 e. The number of carbonyl (C=O) groups is 2. The van der Waals surface area contributed by atoms with Gasteiger partial charge in [0.05, 0.1) is 25.6 Å². The van der Waals surface area contributed by atoms with Crippen LogP contribution in [0.1, 0.15) is 13.3 Å². The molecule has 0 radical (unpaired) electrons. The molecule has 16 heavy (non-hydrogen) atoms. The third kappa shape index (κ3) is 5.98. The van der Waals surface area contributed by atoms with E-state index in [-0.39, 0.29) is 25.4 Å². The van der Waals surface area contributed by atoms with E-state index in [9.17, 15) is 9.59 Å². The molecule has 90 valence electrons. The quantitative estimate of drug-likeness (QED) is 0.649. The molecular formula is C10H17N3O3. The van der Waals surface area contributed by atoms with Gasteiger partial charge in [-0.3, -0.25) is 14.5 Å². The van der Waals surface area contributed by atoms with E-state index in [0.717, 1.165) is 0 Å². The zero-order valence-electron chi connectivity index (χ0n) is 9.64. The molecule has 0 aliphatic carbocycles. The lowest BCUT2D eigenvalue weighted by Crippen LogP contribution is -2.40. The summed E-state index contributed by atoms with van der Waals surface area (Å²) in [7, 11) is 1.61. The van der Waals surface area contributed by atoms with Crippen molar-refractivity contribution in [1.29, 1.82) is 5.26 Å². The summed E-state index contributed by atoms with van der Waals surface area (Å²) in [5, 5.41) is 17.0. The number of rotatable bonds is 7. The third-order valence-electron chi connectivity index (χ3n) is 2.15. The molecule has 1 amide bonds. The number of hydrogen-bond acceptors (Lipinski definition) is 4. The highest BCUT2D eigenvalue weighted by molar-refractivity contribution is 5.79. The molecule has 0 aliphatic rings. The van der Waals surface area contributed by atoms with E-state index in [1.165, 1.54) is 9.80 Å². The van der Waals surface area contributed by atoms with Gasteiger partial charge in [-0.15, -0.1) is 0 Å². The summed E-state index contributed by atoms with van der Waals surface area (Å²) < 4.78 is 0. The molecule has 0 atom stereocenters. The zero-order valence-corrected chi connectivity index (χ0v) is 9.64. The second kappa shape index (κ2) is 7.65. The molecule has 6 heteroatoms. The highest BCUT2D eigenvalue weighted by Crippen LogP contribution is 1.93. The lowest BCUT2D eigenvalue weighted by atomic mass is 10.4. The average molecular weight is 227 g/mol. The van der Waals surface area contributed by atoms with Crippen LogP contribution in [0.2, 0.25) is 0 Å². The predicted molar refractivity (Wildman–Crippen MR) is 57.6 cm³/mol. The van der Waals surface area contributed by atoms with Crippen LogP contribution in [0.4, 0.5) is 0 Å². The molecule has 0 rings (SSSR count). The normalized spacial score (nSPS) is 9.88. The van der Waals surface area contributed by atoms with Crippen LogP contribution in [0.25, 0.3) is 0 Å². The van der Waals surface area contributed by atoms with Crippen LogP contribution in [0, 0.1) is 11.3 Å². The van der Waals surface area contributed by atoms with Crippen LogP contribution in [0.5, 0.6) is 0 Å². The first kappa shape index (κ1) is 14.4. The Morgan fingerprint density at radius 2 is 2.00 bits per heavy atom. The molecule has 0 heterocycles. The molecule has 0 unspecified atom stereocenters. The standard InChI is InChI=1S/C10H17N3O3/c1-3-13(8-10(15)16)7-9(14)12(2)6-4-5-11/h3-4,6-8H2,1-2H3,(H,15,16). The van der Waals surface area contributed by atoms with Crippen molar-refractivity contribution in [2.24, 2.45) is 0 Å². The number of nitriles is 1. The summed E-state index contributed by atoms with van der Waals surface area (Å²) in [5.74, 6) is -1.12. The molecule has 6 nitrogen and oxygen atoms in total. The maximum absolute atomic E-state index is 11.6. The number of carbonyl (C=O) groups excluding carboxylic acids is 1. The molecule has 0 saturated heterocycles. The Morgan fingerprint density at radius 1 is 1.38 bits per heavy atom. The minimum absolute atomic E-state index is 0.0741.